The summed E-state index contributed by atoms with van der Waals surface area (Å²) in [6, 6.07) is 7.96. The normalized spacial score (nSPS) is 14.2. The number of hydrogen-bond acceptors (Lipinski definition) is 6. The van der Waals surface area contributed by atoms with Crippen molar-refractivity contribution in [2.24, 2.45) is 0 Å². The number of pyridine rings is 2. The minimum Gasteiger partial charge on any atom is -0.471 e. The van der Waals surface area contributed by atoms with E-state index in [-0.39, 0.29) is 6.09 Å². The van der Waals surface area contributed by atoms with Gasteiger partial charge >= 0.3 is 6.09 Å². The number of hydrogen-bond donors (Lipinski definition) is 0. The lowest BCUT2D eigenvalue weighted by Gasteiger charge is -2.34. The van der Waals surface area contributed by atoms with Crippen LogP contribution < -0.4 is 9.64 Å². The molecule has 1 saturated heterocycles. The average molecular weight is 409 g/mol. The summed E-state index contributed by atoms with van der Waals surface area (Å²) in [5.74, 6) is 0.583. The van der Waals surface area contributed by atoms with E-state index in [0.29, 0.717) is 25.6 Å². The van der Waals surface area contributed by atoms with Crippen LogP contribution in [0.25, 0.3) is 11.0 Å². The second-order valence-electron chi connectivity index (χ2n) is 7.38. The van der Waals surface area contributed by atoms with Crippen LogP contribution in [0, 0.1) is 6.92 Å². The lowest BCUT2D eigenvalue weighted by Crippen LogP contribution is -2.48. The van der Waals surface area contributed by atoms with Crippen molar-refractivity contribution < 1.29 is 14.3 Å². The first-order valence-corrected chi connectivity index (χ1v) is 10.2. The average Bonchev–Trinajstić information content (AvgIpc) is 3.16. The maximum Gasteiger partial charge on any atom is 0.409 e. The zero-order chi connectivity index (χ0) is 21.1. The second-order valence-corrected chi connectivity index (χ2v) is 7.38. The van der Waals surface area contributed by atoms with Gasteiger partial charge in [-0.25, -0.2) is 4.79 Å². The van der Waals surface area contributed by atoms with Crippen LogP contribution in [0.3, 0.4) is 0 Å². The van der Waals surface area contributed by atoms with E-state index in [1.54, 1.807) is 4.90 Å². The molecule has 0 bridgehead atoms. The number of carbonyl (C=O) groups excluding carboxylic acids is 1. The molecule has 30 heavy (non-hydrogen) atoms. The van der Waals surface area contributed by atoms with Crippen molar-refractivity contribution in [3.63, 3.8) is 0 Å². The fourth-order valence-electron chi connectivity index (χ4n) is 3.69. The van der Waals surface area contributed by atoms with Gasteiger partial charge in [-0.05, 0) is 31.5 Å². The smallest absolute Gasteiger partial charge is 0.409 e. The number of aryl methyl sites for hydroxylation is 2. The molecule has 0 atom stereocenters. The molecule has 1 amide bonds. The maximum absolute atomic E-state index is 11.7. The van der Waals surface area contributed by atoms with Gasteiger partial charge in [0.15, 0.2) is 0 Å². The topological polar surface area (TPSA) is 72.7 Å². The van der Waals surface area contributed by atoms with Crippen molar-refractivity contribution in [3.8, 4) is 5.88 Å². The van der Waals surface area contributed by atoms with E-state index in [1.807, 2.05) is 31.3 Å². The van der Waals surface area contributed by atoms with Gasteiger partial charge in [-0.1, -0.05) is 6.07 Å². The van der Waals surface area contributed by atoms with Gasteiger partial charge in [0.25, 0.3) is 0 Å². The third kappa shape index (κ3) is 4.03. The second kappa shape index (κ2) is 8.61. The summed E-state index contributed by atoms with van der Waals surface area (Å²) in [5, 5.41) is 1.09. The highest BCUT2D eigenvalue weighted by molar-refractivity contribution is 5.91. The highest BCUT2D eigenvalue weighted by Gasteiger charge is 2.24. The van der Waals surface area contributed by atoms with Crippen molar-refractivity contribution in [2.75, 3.05) is 38.2 Å². The summed E-state index contributed by atoms with van der Waals surface area (Å²) in [6.07, 6.45) is 3.71. The Labute approximate surface area is 176 Å². The Balaban J connectivity index is 1.52. The fourth-order valence-corrected chi connectivity index (χ4v) is 3.69. The summed E-state index contributed by atoms with van der Waals surface area (Å²) in [5.41, 5.74) is 4.03. The van der Waals surface area contributed by atoms with Gasteiger partial charge in [-0.3, -0.25) is 4.98 Å². The number of nitrogens with zero attached hydrogens (tertiary/aromatic N) is 5. The minimum atomic E-state index is -0.267. The van der Waals surface area contributed by atoms with Gasteiger partial charge in [0.05, 0.1) is 18.5 Å². The molecule has 1 fully saturated rings. The molecule has 4 rings (SSSR count). The zero-order valence-corrected chi connectivity index (χ0v) is 17.7. The van der Waals surface area contributed by atoms with Crippen molar-refractivity contribution >= 4 is 22.8 Å². The number of carbonyl (C=O) groups is 1. The molecule has 3 aromatic heterocycles. The Bertz CT molecular complexity index is 1020. The lowest BCUT2D eigenvalue weighted by atomic mass is 10.2. The number of anilines is 1. The predicted octanol–water partition coefficient (Wildman–Crippen LogP) is 3.23. The number of amides is 1. The number of fused-ring (bicyclic) bond motifs is 1. The number of piperazine rings is 1. The highest BCUT2D eigenvalue weighted by Crippen LogP contribution is 2.30. The molecular formula is C22H27N5O3. The van der Waals surface area contributed by atoms with Gasteiger partial charge in [-0.15, -0.1) is 0 Å². The van der Waals surface area contributed by atoms with Crippen molar-refractivity contribution in [1.82, 2.24) is 19.4 Å². The van der Waals surface area contributed by atoms with E-state index >= 15 is 0 Å². The molecule has 0 unspecified atom stereocenters. The summed E-state index contributed by atoms with van der Waals surface area (Å²) < 4.78 is 12.9. The third-order valence-electron chi connectivity index (χ3n) is 5.41. The third-order valence-corrected chi connectivity index (χ3v) is 5.41. The first-order chi connectivity index (χ1) is 14.6. The van der Waals surface area contributed by atoms with Crippen LogP contribution in [0.5, 0.6) is 5.88 Å². The Morgan fingerprint density at radius 3 is 2.60 bits per heavy atom. The molecule has 4 heterocycles. The Hall–Kier alpha value is -3.29. The standard InChI is InChI=1S/C22H27N5O3/c1-4-25-14-19(26-9-11-27(12-10-26)22(28)29-3)18-7-8-20(24-21(18)25)30-15-17-6-5-16(2)13-23-17/h5-8,13-14H,4,9-12,15H2,1-3H3. The van der Waals surface area contributed by atoms with Gasteiger partial charge in [0.1, 0.15) is 12.3 Å². The largest absolute Gasteiger partial charge is 0.471 e. The van der Waals surface area contributed by atoms with Gasteiger partial charge in [0.2, 0.25) is 5.88 Å². The van der Waals surface area contributed by atoms with Crippen LogP contribution in [0.4, 0.5) is 10.5 Å². The molecule has 0 radical (unpaired) electrons. The number of aromatic nitrogens is 3. The molecule has 158 valence electrons. The summed E-state index contributed by atoms with van der Waals surface area (Å²) in [4.78, 5) is 24.9. The van der Waals surface area contributed by atoms with E-state index in [0.717, 1.165) is 47.6 Å². The molecule has 1 aliphatic rings. The highest BCUT2D eigenvalue weighted by atomic mass is 16.5. The Morgan fingerprint density at radius 2 is 1.93 bits per heavy atom. The Morgan fingerprint density at radius 1 is 1.13 bits per heavy atom. The summed E-state index contributed by atoms with van der Waals surface area (Å²) in [7, 11) is 1.42. The van der Waals surface area contributed by atoms with Crippen LogP contribution in [-0.2, 0) is 17.9 Å². The zero-order valence-electron chi connectivity index (χ0n) is 17.7. The minimum absolute atomic E-state index is 0.267. The molecular weight excluding hydrogens is 382 g/mol. The number of ether oxygens (including phenoxy) is 2. The van der Waals surface area contributed by atoms with Gasteiger partial charge in [0, 0.05) is 56.6 Å². The lowest BCUT2D eigenvalue weighted by molar-refractivity contribution is 0.121. The first kappa shape index (κ1) is 20.0. The molecule has 1 aliphatic heterocycles. The van der Waals surface area contributed by atoms with Crippen molar-refractivity contribution in [1.29, 1.82) is 0 Å². The number of methoxy groups -OCH3 is 1. The van der Waals surface area contributed by atoms with Crippen LogP contribution in [-0.4, -0.2) is 58.8 Å². The summed E-state index contributed by atoms with van der Waals surface area (Å²) >= 11 is 0. The van der Waals surface area contributed by atoms with E-state index in [9.17, 15) is 4.79 Å². The van der Waals surface area contributed by atoms with Crippen molar-refractivity contribution in [3.05, 3.63) is 47.9 Å². The molecule has 0 aliphatic carbocycles. The summed E-state index contributed by atoms with van der Waals surface area (Å²) in [6.45, 7) is 8.11. The molecule has 8 nitrogen and oxygen atoms in total. The van der Waals surface area contributed by atoms with Crippen LogP contribution in [0.15, 0.2) is 36.7 Å². The van der Waals surface area contributed by atoms with E-state index < -0.39 is 0 Å². The van der Waals surface area contributed by atoms with Crippen molar-refractivity contribution in [2.45, 2.75) is 27.0 Å². The molecule has 8 heteroatoms. The van der Waals surface area contributed by atoms with Gasteiger partial charge in [-0.2, -0.15) is 4.98 Å². The molecule has 0 aromatic carbocycles. The molecule has 0 N–H and O–H groups in total. The van der Waals surface area contributed by atoms with E-state index in [4.69, 9.17) is 14.5 Å². The van der Waals surface area contributed by atoms with E-state index in [1.165, 1.54) is 7.11 Å². The maximum atomic E-state index is 11.7. The Kier molecular flexibility index (Phi) is 5.74. The first-order valence-electron chi connectivity index (χ1n) is 10.2. The monoisotopic (exact) mass is 409 g/mol. The predicted molar refractivity (Wildman–Crippen MR) is 115 cm³/mol. The van der Waals surface area contributed by atoms with Crippen LogP contribution >= 0.6 is 0 Å². The van der Waals surface area contributed by atoms with Gasteiger partial charge < -0.3 is 23.8 Å². The fraction of sp³-hybridized carbons (Fsp3) is 0.409. The molecule has 3 aromatic rings. The quantitative estimate of drug-likeness (QED) is 0.644. The van der Waals surface area contributed by atoms with E-state index in [2.05, 4.69) is 33.6 Å². The molecule has 0 spiro atoms. The SMILES string of the molecule is CCn1cc(N2CCN(C(=O)OC)CC2)c2ccc(OCc3ccc(C)cn3)nc21. The van der Waals surface area contributed by atoms with Crippen LogP contribution in [0.1, 0.15) is 18.2 Å². The number of rotatable bonds is 5. The van der Waals surface area contributed by atoms with Crippen LogP contribution in [0.2, 0.25) is 0 Å². The molecule has 0 saturated carbocycles.